The molecule has 7 aromatic carbocycles. The lowest BCUT2D eigenvalue weighted by Crippen LogP contribution is -2.29. The summed E-state index contributed by atoms with van der Waals surface area (Å²) in [4.78, 5) is 0. The van der Waals surface area contributed by atoms with E-state index in [1.807, 2.05) is 13.0 Å². The van der Waals surface area contributed by atoms with Gasteiger partial charge in [0.25, 0.3) is 0 Å². The second kappa shape index (κ2) is 14.4. The Kier molecular flexibility index (Phi) is 9.08. The van der Waals surface area contributed by atoms with Crippen LogP contribution in [0.5, 0.6) is 0 Å². The predicted molar refractivity (Wildman–Crippen MR) is 221 cm³/mol. The molecule has 0 aromatic heterocycles. The third kappa shape index (κ3) is 6.12. The van der Waals surface area contributed by atoms with Crippen molar-refractivity contribution in [1.29, 1.82) is 0 Å². The SMILES string of the molecule is C=C(/C=C\C=C/C)C1(c2ccccc2Nc2ccccc2)c2ccccc2-c2ccc(-c3ccc(Cc4ccc(-c5ccccc5)cc4)cc3)cc21. The first kappa shape index (κ1) is 32.7. The highest BCUT2D eigenvalue weighted by Crippen LogP contribution is 2.58. The second-order valence-corrected chi connectivity index (χ2v) is 13.4. The minimum absolute atomic E-state index is 0.621. The number of nitrogens with one attached hydrogen (secondary N) is 1. The Hall–Kier alpha value is -6.44. The number of benzene rings is 7. The number of anilines is 2. The molecule has 8 rings (SSSR count). The number of hydrogen-bond acceptors (Lipinski definition) is 1. The summed E-state index contributed by atoms with van der Waals surface area (Å²) in [5.74, 6) is 0. The van der Waals surface area contributed by atoms with Crippen LogP contribution >= 0.6 is 0 Å². The molecule has 1 heteroatoms. The molecule has 1 unspecified atom stereocenters. The average Bonchev–Trinajstić information content (AvgIpc) is 3.50. The maximum atomic E-state index is 4.83. The topological polar surface area (TPSA) is 12.0 Å². The van der Waals surface area contributed by atoms with Gasteiger partial charge < -0.3 is 5.32 Å². The Morgan fingerprint density at radius 1 is 0.519 bits per heavy atom. The molecule has 0 aliphatic heterocycles. The van der Waals surface area contributed by atoms with E-state index in [-0.39, 0.29) is 0 Å². The van der Waals surface area contributed by atoms with E-state index in [4.69, 9.17) is 6.58 Å². The van der Waals surface area contributed by atoms with Crippen molar-refractivity contribution in [2.75, 3.05) is 5.32 Å². The van der Waals surface area contributed by atoms with Gasteiger partial charge in [-0.1, -0.05) is 183 Å². The fourth-order valence-corrected chi connectivity index (χ4v) is 7.77. The van der Waals surface area contributed by atoms with Crippen molar-refractivity contribution in [3.05, 3.63) is 240 Å². The molecule has 250 valence electrons. The summed E-state index contributed by atoms with van der Waals surface area (Å²) >= 11 is 0. The molecular formula is C51H41N. The van der Waals surface area contributed by atoms with E-state index >= 15 is 0 Å². The summed E-state index contributed by atoms with van der Waals surface area (Å²) in [5.41, 5.74) is 16.1. The van der Waals surface area contributed by atoms with Gasteiger partial charge in [0, 0.05) is 11.4 Å². The summed E-state index contributed by atoms with van der Waals surface area (Å²) in [6.07, 6.45) is 9.31. The minimum Gasteiger partial charge on any atom is -0.355 e. The number of fused-ring (bicyclic) bond motifs is 3. The fraction of sp³-hybridized carbons (Fsp3) is 0.0588. The Morgan fingerprint density at radius 2 is 1.06 bits per heavy atom. The fourth-order valence-electron chi connectivity index (χ4n) is 7.77. The summed E-state index contributed by atoms with van der Waals surface area (Å²) in [5, 5.41) is 3.76. The van der Waals surface area contributed by atoms with E-state index in [0.717, 1.165) is 23.4 Å². The highest BCUT2D eigenvalue weighted by Gasteiger charge is 2.47. The maximum absolute atomic E-state index is 4.83. The van der Waals surface area contributed by atoms with E-state index < -0.39 is 5.41 Å². The molecule has 0 heterocycles. The van der Waals surface area contributed by atoms with Gasteiger partial charge in [-0.15, -0.1) is 0 Å². The van der Waals surface area contributed by atoms with Gasteiger partial charge in [-0.25, -0.2) is 0 Å². The van der Waals surface area contributed by atoms with E-state index in [1.54, 1.807) is 0 Å². The van der Waals surface area contributed by atoms with E-state index in [1.165, 1.54) is 61.2 Å². The van der Waals surface area contributed by atoms with Crippen molar-refractivity contribution < 1.29 is 0 Å². The zero-order valence-electron chi connectivity index (χ0n) is 29.5. The maximum Gasteiger partial charge on any atom is 0.0728 e. The van der Waals surface area contributed by atoms with Crippen LogP contribution in [0.3, 0.4) is 0 Å². The monoisotopic (exact) mass is 667 g/mol. The summed E-state index contributed by atoms with van der Waals surface area (Å²) in [7, 11) is 0. The molecular weight excluding hydrogens is 627 g/mol. The molecule has 1 aliphatic carbocycles. The molecule has 1 atom stereocenters. The normalized spacial score (nSPS) is 14.7. The lowest BCUT2D eigenvalue weighted by Gasteiger charge is -2.36. The van der Waals surface area contributed by atoms with E-state index in [2.05, 4.69) is 199 Å². The Morgan fingerprint density at radius 3 is 1.75 bits per heavy atom. The van der Waals surface area contributed by atoms with Gasteiger partial charge in [0.05, 0.1) is 5.41 Å². The average molecular weight is 668 g/mol. The molecule has 0 bridgehead atoms. The number of rotatable bonds is 10. The number of allylic oxidation sites excluding steroid dienone is 5. The molecule has 0 amide bonds. The first-order valence-corrected chi connectivity index (χ1v) is 18.0. The summed E-state index contributed by atoms with van der Waals surface area (Å²) in [6.45, 7) is 6.87. The molecule has 1 aliphatic rings. The van der Waals surface area contributed by atoms with Crippen molar-refractivity contribution in [2.45, 2.75) is 18.8 Å². The number of hydrogen-bond donors (Lipinski definition) is 1. The third-order valence-electron chi connectivity index (χ3n) is 10.3. The molecule has 7 aromatic rings. The highest BCUT2D eigenvalue weighted by atomic mass is 14.9. The van der Waals surface area contributed by atoms with Crippen LogP contribution in [-0.2, 0) is 11.8 Å². The standard InChI is InChI=1S/C51H41N/c1-3-4-7-16-37(2)51(48-23-14-15-24-50(48)52-44-19-10-6-11-20-44)47-22-13-12-21-45(47)46-34-33-43(36-49(46)51)42-31-27-39(28-32-42)35-38-25-29-41(30-26-38)40-17-8-5-9-18-40/h3-34,36,52H,2,35H2,1H3/b4-3-,16-7-. The lowest BCUT2D eigenvalue weighted by molar-refractivity contribution is 0.773. The lowest BCUT2D eigenvalue weighted by atomic mass is 9.66. The van der Waals surface area contributed by atoms with Crippen molar-refractivity contribution in [3.8, 4) is 33.4 Å². The van der Waals surface area contributed by atoms with Crippen molar-refractivity contribution in [3.63, 3.8) is 0 Å². The largest absolute Gasteiger partial charge is 0.355 e. The van der Waals surface area contributed by atoms with E-state index in [0.29, 0.717) is 0 Å². The molecule has 52 heavy (non-hydrogen) atoms. The van der Waals surface area contributed by atoms with Crippen LogP contribution in [0.4, 0.5) is 11.4 Å². The molecule has 0 fully saturated rings. The van der Waals surface area contributed by atoms with Gasteiger partial charge in [0.1, 0.15) is 0 Å². The molecule has 0 spiro atoms. The summed E-state index contributed by atoms with van der Waals surface area (Å²) in [6, 6.07) is 63.5. The van der Waals surface area contributed by atoms with Crippen LogP contribution in [0.25, 0.3) is 33.4 Å². The molecule has 0 saturated carbocycles. The van der Waals surface area contributed by atoms with Crippen molar-refractivity contribution in [2.24, 2.45) is 0 Å². The van der Waals surface area contributed by atoms with Gasteiger partial charge >= 0.3 is 0 Å². The molecule has 0 saturated heterocycles. The quantitative estimate of drug-likeness (QED) is 0.143. The second-order valence-electron chi connectivity index (χ2n) is 13.4. The summed E-state index contributed by atoms with van der Waals surface area (Å²) < 4.78 is 0. The van der Waals surface area contributed by atoms with Crippen molar-refractivity contribution in [1.82, 2.24) is 0 Å². The van der Waals surface area contributed by atoms with Crippen molar-refractivity contribution >= 4 is 11.4 Å². The zero-order chi connectivity index (χ0) is 35.3. The minimum atomic E-state index is -0.621. The van der Waals surface area contributed by atoms with Gasteiger partial charge in [-0.05, 0) is 104 Å². The first-order chi connectivity index (χ1) is 25.6. The predicted octanol–water partition coefficient (Wildman–Crippen LogP) is 13.4. The van der Waals surface area contributed by atoms with Gasteiger partial charge in [0.2, 0.25) is 0 Å². The van der Waals surface area contributed by atoms with Gasteiger partial charge in [0.15, 0.2) is 0 Å². The van der Waals surface area contributed by atoms with Crippen LogP contribution < -0.4 is 5.32 Å². The molecule has 1 N–H and O–H groups in total. The number of para-hydroxylation sites is 2. The molecule has 1 nitrogen and oxygen atoms in total. The van der Waals surface area contributed by atoms with Crippen LogP contribution in [0.2, 0.25) is 0 Å². The first-order valence-electron chi connectivity index (χ1n) is 18.0. The van der Waals surface area contributed by atoms with Gasteiger partial charge in [-0.2, -0.15) is 0 Å². The van der Waals surface area contributed by atoms with Crippen LogP contribution in [0, 0.1) is 0 Å². The van der Waals surface area contributed by atoms with Crippen LogP contribution in [0.15, 0.2) is 212 Å². The Labute approximate surface area is 308 Å². The highest BCUT2D eigenvalue weighted by molar-refractivity contribution is 5.90. The van der Waals surface area contributed by atoms with E-state index in [9.17, 15) is 0 Å². The Balaban J connectivity index is 1.20. The van der Waals surface area contributed by atoms with Crippen LogP contribution in [-0.4, -0.2) is 0 Å². The van der Waals surface area contributed by atoms with Gasteiger partial charge in [-0.3, -0.25) is 0 Å². The molecule has 0 radical (unpaired) electrons. The Bertz CT molecular complexity index is 2400. The van der Waals surface area contributed by atoms with Crippen LogP contribution in [0.1, 0.15) is 34.7 Å². The smallest absolute Gasteiger partial charge is 0.0728 e. The third-order valence-corrected chi connectivity index (χ3v) is 10.3. The zero-order valence-corrected chi connectivity index (χ0v) is 29.5.